The van der Waals surface area contributed by atoms with Crippen molar-refractivity contribution < 1.29 is 69.0 Å². The monoisotopic (exact) mass is 903 g/mol. The van der Waals surface area contributed by atoms with Crippen LogP contribution in [0.4, 0.5) is 0 Å². The van der Waals surface area contributed by atoms with Gasteiger partial charge in [0.15, 0.2) is 12.6 Å². The smallest absolute Gasteiger partial charge is 0.306 e. The maximum atomic E-state index is 13.0. The number of aliphatic hydroxyl groups excluding tert-OH is 7. The molecule has 2 saturated heterocycles. The molecular weight excluding hydrogens is 813 g/mol. The lowest BCUT2D eigenvalue weighted by Gasteiger charge is -2.42. The molecule has 63 heavy (non-hydrogen) atoms. The Morgan fingerprint density at radius 2 is 1.02 bits per heavy atom. The minimum Gasteiger partial charge on any atom is -0.457 e. The van der Waals surface area contributed by atoms with Crippen molar-refractivity contribution in [1.29, 1.82) is 0 Å². The van der Waals surface area contributed by atoms with Gasteiger partial charge in [0.2, 0.25) is 0 Å². The Kier molecular flexibility index (Phi) is 34.3. The molecule has 370 valence electrons. The van der Waals surface area contributed by atoms with E-state index in [2.05, 4.69) is 38.2 Å². The molecule has 0 amide bonds. The number of hydrogen-bond acceptors (Lipinski definition) is 14. The van der Waals surface area contributed by atoms with Crippen molar-refractivity contribution in [2.24, 2.45) is 0 Å². The Morgan fingerprint density at radius 1 is 0.524 bits per heavy atom. The molecule has 2 aliphatic rings. The van der Waals surface area contributed by atoms with Crippen molar-refractivity contribution in [2.75, 3.05) is 33.0 Å². The molecule has 2 heterocycles. The molecule has 0 aliphatic carbocycles. The van der Waals surface area contributed by atoms with E-state index in [0.717, 1.165) is 64.2 Å². The maximum absolute atomic E-state index is 13.0. The number of allylic oxidation sites excluding steroid dienone is 4. The summed E-state index contributed by atoms with van der Waals surface area (Å²) in [4.78, 5) is 13.0. The minimum atomic E-state index is -1.71. The van der Waals surface area contributed by atoms with Gasteiger partial charge < -0.3 is 64.2 Å². The number of carbonyl (C=O) groups is 1. The van der Waals surface area contributed by atoms with Crippen LogP contribution >= 0.6 is 0 Å². The molecule has 11 unspecified atom stereocenters. The van der Waals surface area contributed by atoms with Crippen LogP contribution in [0.1, 0.15) is 181 Å². The van der Waals surface area contributed by atoms with Gasteiger partial charge in [0, 0.05) is 13.0 Å². The van der Waals surface area contributed by atoms with Crippen molar-refractivity contribution in [1.82, 2.24) is 0 Å². The first-order chi connectivity index (χ1) is 30.6. The average Bonchev–Trinajstić information content (AvgIpc) is 3.28. The molecule has 0 spiro atoms. The van der Waals surface area contributed by atoms with Gasteiger partial charge in [0.05, 0.1) is 26.4 Å². The predicted octanol–water partition coefficient (Wildman–Crippen LogP) is 6.85. The van der Waals surface area contributed by atoms with Crippen LogP contribution in [-0.2, 0) is 33.2 Å². The molecule has 2 rings (SSSR count). The van der Waals surface area contributed by atoms with Gasteiger partial charge in [-0.25, -0.2) is 0 Å². The van der Waals surface area contributed by atoms with Crippen LogP contribution < -0.4 is 0 Å². The fourth-order valence-electron chi connectivity index (χ4n) is 7.85. The van der Waals surface area contributed by atoms with Crippen molar-refractivity contribution in [3.8, 4) is 0 Å². The number of rotatable bonds is 39. The van der Waals surface area contributed by atoms with Gasteiger partial charge >= 0.3 is 5.97 Å². The molecule has 0 aromatic heterocycles. The second-order valence-electron chi connectivity index (χ2n) is 17.6. The van der Waals surface area contributed by atoms with Crippen LogP contribution in [0.15, 0.2) is 24.3 Å². The van der Waals surface area contributed by atoms with E-state index >= 15 is 0 Å². The van der Waals surface area contributed by atoms with E-state index in [1.807, 2.05) is 0 Å². The standard InChI is InChI=1S/C49H90O14/c1-3-5-7-9-11-13-15-17-18-19-21-23-25-27-29-31-33-58-35-38(61-41(51)32-30-28-26-24-22-20-16-14-12-10-8-6-4-2)36-59-48-47(57)45(55)43(53)40(63-48)37-60-49-46(56)44(54)42(52)39(34-50)62-49/h8,10,14,16,38-40,42-50,52-57H,3-7,9,11-13,15,17-37H2,1-2H3/b10-8-,16-14-. The SMILES string of the molecule is CCC/C=C\C/C=C\CCCCCCCC(=O)OC(COCCCCCCCCCCCCCCCCCC)COC1OC(COC2OC(CO)C(O)C(O)C2O)C(O)C(O)C1O. The largest absolute Gasteiger partial charge is 0.457 e. The Bertz CT molecular complexity index is 1140. The zero-order valence-corrected chi connectivity index (χ0v) is 39.1. The highest BCUT2D eigenvalue weighted by Gasteiger charge is 2.47. The number of hydrogen-bond donors (Lipinski definition) is 7. The summed E-state index contributed by atoms with van der Waals surface area (Å²) in [6, 6.07) is 0. The van der Waals surface area contributed by atoms with Crippen LogP contribution in [-0.4, -0.2) is 142 Å². The zero-order chi connectivity index (χ0) is 45.9. The summed E-state index contributed by atoms with van der Waals surface area (Å²) in [5.41, 5.74) is 0. The van der Waals surface area contributed by atoms with Crippen LogP contribution in [0.5, 0.6) is 0 Å². The Labute approximate surface area is 379 Å². The number of ether oxygens (including phenoxy) is 6. The van der Waals surface area contributed by atoms with Crippen molar-refractivity contribution >= 4 is 5.97 Å². The molecule has 0 aromatic rings. The molecule has 0 saturated carbocycles. The van der Waals surface area contributed by atoms with Crippen LogP contribution in [0.3, 0.4) is 0 Å². The number of esters is 1. The summed E-state index contributed by atoms with van der Waals surface area (Å²) < 4.78 is 34.2. The van der Waals surface area contributed by atoms with Crippen molar-refractivity contribution in [2.45, 2.75) is 248 Å². The molecule has 7 N–H and O–H groups in total. The summed E-state index contributed by atoms with van der Waals surface area (Å²) in [7, 11) is 0. The highest BCUT2D eigenvalue weighted by Crippen LogP contribution is 2.26. The Morgan fingerprint density at radius 3 is 1.59 bits per heavy atom. The van der Waals surface area contributed by atoms with Crippen LogP contribution in [0, 0.1) is 0 Å². The normalized spacial score (nSPS) is 27.1. The van der Waals surface area contributed by atoms with Gasteiger partial charge in [-0.15, -0.1) is 0 Å². The summed E-state index contributed by atoms with van der Waals surface area (Å²) in [6.07, 6.45) is 22.4. The van der Waals surface area contributed by atoms with Crippen molar-refractivity contribution in [3.63, 3.8) is 0 Å². The van der Waals surface area contributed by atoms with Gasteiger partial charge in [-0.2, -0.15) is 0 Å². The third-order valence-electron chi connectivity index (χ3n) is 11.9. The molecule has 14 heteroatoms. The fourth-order valence-corrected chi connectivity index (χ4v) is 7.85. The predicted molar refractivity (Wildman–Crippen MR) is 243 cm³/mol. The second kappa shape index (κ2) is 37.5. The van der Waals surface area contributed by atoms with E-state index in [4.69, 9.17) is 28.4 Å². The molecular formula is C49H90O14. The van der Waals surface area contributed by atoms with E-state index < -0.39 is 80.7 Å². The fraction of sp³-hybridized carbons (Fsp3) is 0.898. The maximum Gasteiger partial charge on any atom is 0.306 e. The second-order valence-corrected chi connectivity index (χ2v) is 17.6. The number of carbonyl (C=O) groups excluding carboxylic acids is 1. The Hall–Kier alpha value is -1.53. The number of unbranched alkanes of at least 4 members (excludes halogenated alkanes) is 21. The van der Waals surface area contributed by atoms with Crippen molar-refractivity contribution in [3.05, 3.63) is 24.3 Å². The van der Waals surface area contributed by atoms with Gasteiger partial charge in [-0.1, -0.05) is 160 Å². The molecule has 0 bridgehead atoms. The summed E-state index contributed by atoms with van der Waals surface area (Å²) in [6.45, 7) is 3.62. The first-order valence-corrected chi connectivity index (χ1v) is 24.9. The van der Waals surface area contributed by atoms with E-state index in [-0.39, 0.29) is 25.6 Å². The summed E-state index contributed by atoms with van der Waals surface area (Å²) in [5, 5.41) is 72.0. The first-order valence-electron chi connectivity index (χ1n) is 24.9. The van der Waals surface area contributed by atoms with Gasteiger partial charge in [0.1, 0.15) is 54.9 Å². The van der Waals surface area contributed by atoms with E-state index in [1.54, 1.807) is 0 Å². The van der Waals surface area contributed by atoms with E-state index in [0.29, 0.717) is 13.0 Å². The summed E-state index contributed by atoms with van der Waals surface area (Å²) >= 11 is 0. The van der Waals surface area contributed by atoms with Gasteiger partial charge in [-0.3, -0.25) is 4.79 Å². The molecule has 2 aliphatic heterocycles. The Balaban J connectivity index is 1.78. The lowest BCUT2D eigenvalue weighted by Crippen LogP contribution is -2.61. The average molecular weight is 903 g/mol. The van der Waals surface area contributed by atoms with Gasteiger partial charge in [0.25, 0.3) is 0 Å². The molecule has 11 atom stereocenters. The third kappa shape index (κ3) is 25.8. The van der Waals surface area contributed by atoms with Gasteiger partial charge in [-0.05, 0) is 38.5 Å². The lowest BCUT2D eigenvalue weighted by molar-refractivity contribution is -0.332. The highest BCUT2D eigenvalue weighted by molar-refractivity contribution is 5.69. The molecule has 0 radical (unpaired) electrons. The topological polar surface area (TPSA) is 214 Å². The molecule has 14 nitrogen and oxygen atoms in total. The number of aliphatic hydroxyl groups is 7. The van der Waals surface area contributed by atoms with Crippen LogP contribution in [0.25, 0.3) is 0 Å². The van der Waals surface area contributed by atoms with E-state index in [9.17, 15) is 40.5 Å². The quantitative estimate of drug-likeness (QED) is 0.0191. The highest BCUT2D eigenvalue weighted by atomic mass is 16.7. The minimum absolute atomic E-state index is 0.0596. The van der Waals surface area contributed by atoms with Crippen LogP contribution in [0.2, 0.25) is 0 Å². The van der Waals surface area contributed by atoms with E-state index in [1.165, 1.54) is 89.9 Å². The zero-order valence-electron chi connectivity index (χ0n) is 39.1. The first kappa shape index (κ1) is 57.6. The third-order valence-corrected chi connectivity index (χ3v) is 11.9. The molecule has 0 aromatic carbocycles. The molecule has 2 fully saturated rings. The lowest BCUT2D eigenvalue weighted by atomic mass is 9.98. The summed E-state index contributed by atoms with van der Waals surface area (Å²) in [5.74, 6) is -0.389.